The first-order valence-electron chi connectivity index (χ1n) is 8.01. The Balaban J connectivity index is 2.08. The molecule has 3 aromatic rings. The first-order chi connectivity index (χ1) is 12.5. The molecule has 0 aliphatic carbocycles. The maximum absolute atomic E-state index is 12.7. The highest BCUT2D eigenvalue weighted by molar-refractivity contribution is 7.98. The fraction of sp³-hybridized carbons (Fsp3) is 0.222. The zero-order valence-corrected chi connectivity index (χ0v) is 15.3. The number of benzene rings is 1. The third-order valence-electron chi connectivity index (χ3n) is 4.25. The summed E-state index contributed by atoms with van der Waals surface area (Å²) in [5, 5.41) is 17.6. The van der Waals surface area contributed by atoms with Crippen LogP contribution in [0.5, 0.6) is 5.88 Å². The number of hydrogen-bond acceptors (Lipinski definition) is 6. The fourth-order valence-corrected chi connectivity index (χ4v) is 3.56. The van der Waals surface area contributed by atoms with Crippen molar-refractivity contribution in [3.63, 3.8) is 0 Å². The average Bonchev–Trinajstić information content (AvgIpc) is 3.05. The van der Waals surface area contributed by atoms with Gasteiger partial charge in [0.25, 0.3) is 10.9 Å². The molecule has 26 heavy (non-hydrogen) atoms. The van der Waals surface area contributed by atoms with Gasteiger partial charge in [0, 0.05) is 12.0 Å². The Labute approximate surface area is 154 Å². The maximum Gasteiger partial charge on any atom is 0.325 e. The number of aromatic nitrogens is 3. The second kappa shape index (κ2) is 6.14. The van der Waals surface area contributed by atoms with E-state index in [0.29, 0.717) is 33.6 Å². The standard InChI is InChI=1S/C18H16N4O3S/c1-10-8-9-14(25-10)17-21(11(2)23)13-7-5-4-6-12(13)15-16(24)19-18(26-3)20-22(15)17/h4-9,17H,1-3H3. The molecule has 0 bridgehead atoms. The van der Waals surface area contributed by atoms with E-state index in [2.05, 4.69) is 10.1 Å². The summed E-state index contributed by atoms with van der Waals surface area (Å²) in [5.74, 6) is 0.689. The molecule has 8 heteroatoms. The molecule has 3 heterocycles. The average molecular weight is 368 g/mol. The number of anilines is 1. The smallest absolute Gasteiger partial charge is 0.325 e. The molecule has 0 fully saturated rings. The summed E-state index contributed by atoms with van der Waals surface area (Å²) >= 11 is 1.27. The van der Waals surface area contributed by atoms with Crippen molar-refractivity contribution in [1.82, 2.24) is 10.1 Å². The summed E-state index contributed by atoms with van der Waals surface area (Å²) in [4.78, 5) is 18.2. The van der Waals surface area contributed by atoms with Crippen LogP contribution in [0.25, 0.3) is 11.3 Å². The highest BCUT2D eigenvalue weighted by atomic mass is 32.2. The van der Waals surface area contributed by atoms with E-state index in [1.807, 2.05) is 31.2 Å². The van der Waals surface area contributed by atoms with Gasteiger partial charge in [-0.25, -0.2) is 9.88 Å². The molecule has 1 atom stereocenters. The predicted octanol–water partition coefficient (Wildman–Crippen LogP) is 2.04. The second-order valence-corrected chi connectivity index (χ2v) is 6.70. The number of aryl methyl sites for hydroxylation is 1. The Morgan fingerprint density at radius 3 is 2.73 bits per heavy atom. The van der Waals surface area contributed by atoms with Gasteiger partial charge in [0.1, 0.15) is 5.76 Å². The number of fused-ring (bicyclic) bond motifs is 3. The Hall–Kier alpha value is -2.87. The molecule has 0 N–H and O–H groups in total. The lowest BCUT2D eigenvalue weighted by atomic mass is 10.0. The van der Waals surface area contributed by atoms with E-state index in [-0.39, 0.29) is 11.8 Å². The van der Waals surface area contributed by atoms with Crippen molar-refractivity contribution >= 4 is 23.4 Å². The lowest BCUT2D eigenvalue weighted by Gasteiger charge is -2.31. The van der Waals surface area contributed by atoms with Crippen molar-refractivity contribution in [3.8, 4) is 17.1 Å². The molecule has 1 aliphatic heterocycles. The molecule has 0 saturated carbocycles. The number of rotatable bonds is 2. The number of nitrogens with zero attached hydrogens (tertiary/aromatic N) is 4. The number of amides is 1. The lowest BCUT2D eigenvalue weighted by molar-refractivity contribution is -0.765. The van der Waals surface area contributed by atoms with Crippen LogP contribution in [0.1, 0.15) is 24.6 Å². The van der Waals surface area contributed by atoms with Crippen LogP contribution in [0.2, 0.25) is 0 Å². The first kappa shape index (κ1) is 16.6. The summed E-state index contributed by atoms with van der Waals surface area (Å²) in [6, 6.07) is 10.9. The molecular formula is C18H16N4O3S. The minimum atomic E-state index is -0.687. The van der Waals surface area contributed by atoms with Gasteiger partial charge in [0.05, 0.1) is 17.1 Å². The molecule has 4 rings (SSSR count). The van der Waals surface area contributed by atoms with E-state index >= 15 is 0 Å². The van der Waals surface area contributed by atoms with E-state index in [1.54, 1.807) is 28.0 Å². The van der Waals surface area contributed by atoms with Gasteiger partial charge in [-0.15, -0.1) is 0 Å². The molecule has 7 nitrogen and oxygen atoms in total. The van der Waals surface area contributed by atoms with Crippen LogP contribution in [-0.4, -0.2) is 22.2 Å². The molecule has 1 amide bonds. The van der Waals surface area contributed by atoms with Gasteiger partial charge in [-0.1, -0.05) is 23.9 Å². The summed E-state index contributed by atoms with van der Waals surface area (Å²) in [7, 11) is 0. The number of carbonyl (C=O) groups is 1. The molecule has 0 spiro atoms. The molecule has 132 valence electrons. The van der Waals surface area contributed by atoms with Crippen LogP contribution in [0.4, 0.5) is 5.69 Å². The third kappa shape index (κ3) is 2.45. The number of para-hydroxylation sites is 1. The normalized spacial score (nSPS) is 15.5. The SMILES string of the molecule is CSc1nc([O-])c2[n+](n1)C(c1ccc(C)o1)N(C(C)=O)c1ccccc1-2. The van der Waals surface area contributed by atoms with Crippen molar-refractivity contribution in [2.45, 2.75) is 25.2 Å². The first-order valence-corrected chi connectivity index (χ1v) is 9.24. The van der Waals surface area contributed by atoms with Crippen LogP contribution in [0.15, 0.2) is 46.0 Å². The highest BCUT2D eigenvalue weighted by Crippen LogP contribution is 2.40. The molecule has 1 unspecified atom stereocenters. The van der Waals surface area contributed by atoms with Gasteiger partial charge < -0.3 is 9.52 Å². The van der Waals surface area contributed by atoms with Crippen molar-refractivity contribution in [1.29, 1.82) is 0 Å². The second-order valence-electron chi connectivity index (χ2n) is 5.93. The molecule has 0 saturated heterocycles. The quantitative estimate of drug-likeness (QED) is 0.508. The van der Waals surface area contributed by atoms with Crippen molar-refractivity contribution in [3.05, 3.63) is 47.9 Å². The Bertz CT molecular complexity index is 1020. The minimum absolute atomic E-state index is 0.175. The number of furan rings is 1. The number of thioether (sulfide) groups is 1. The van der Waals surface area contributed by atoms with E-state index < -0.39 is 6.17 Å². The summed E-state index contributed by atoms with van der Waals surface area (Å²) in [5.41, 5.74) is 1.60. The summed E-state index contributed by atoms with van der Waals surface area (Å²) in [6.45, 7) is 3.32. The molecular weight excluding hydrogens is 352 g/mol. The van der Waals surface area contributed by atoms with E-state index in [9.17, 15) is 9.90 Å². The van der Waals surface area contributed by atoms with Crippen LogP contribution >= 0.6 is 11.8 Å². The topological polar surface area (TPSA) is 86.2 Å². The molecule has 1 aliphatic rings. The molecule has 2 aromatic heterocycles. The van der Waals surface area contributed by atoms with Crippen molar-refractivity contribution < 1.29 is 19.0 Å². The van der Waals surface area contributed by atoms with Gasteiger partial charge >= 0.3 is 6.17 Å². The highest BCUT2D eigenvalue weighted by Gasteiger charge is 2.45. The van der Waals surface area contributed by atoms with Gasteiger partial charge in [-0.3, -0.25) is 4.79 Å². The minimum Gasteiger partial charge on any atom is -0.854 e. The van der Waals surface area contributed by atoms with Gasteiger partial charge in [-0.2, -0.15) is 0 Å². The zero-order chi connectivity index (χ0) is 18.4. The Morgan fingerprint density at radius 2 is 2.08 bits per heavy atom. The van der Waals surface area contributed by atoms with E-state index in [4.69, 9.17) is 4.42 Å². The summed E-state index contributed by atoms with van der Waals surface area (Å²) in [6.07, 6.45) is 1.11. The monoisotopic (exact) mass is 368 g/mol. The third-order valence-corrected chi connectivity index (χ3v) is 4.79. The van der Waals surface area contributed by atoms with E-state index in [1.165, 1.54) is 18.7 Å². The van der Waals surface area contributed by atoms with E-state index in [0.717, 1.165) is 0 Å². The van der Waals surface area contributed by atoms with Gasteiger partial charge in [-0.05, 0) is 42.1 Å². The number of hydrogen-bond donors (Lipinski definition) is 0. The van der Waals surface area contributed by atoms with Crippen LogP contribution in [0, 0.1) is 6.92 Å². The molecule has 0 radical (unpaired) electrons. The maximum atomic E-state index is 12.7. The number of carbonyl (C=O) groups excluding carboxylic acids is 1. The lowest BCUT2D eigenvalue weighted by Crippen LogP contribution is -2.58. The largest absolute Gasteiger partial charge is 0.854 e. The summed E-state index contributed by atoms with van der Waals surface area (Å²) < 4.78 is 7.35. The van der Waals surface area contributed by atoms with Gasteiger partial charge in [0.15, 0.2) is 5.76 Å². The zero-order valence-electron chi connectivity index (χ0n) is 14.5. The fourth-order valence-electron chi connectivity index (χ4n) is 3.21. The predicted molar refractivity (Wildman–Crippen MR) is 93.6 cm³/mol. The van der Waals surface area contributed by atoms with Gasteiger partial charge in [0.2, 0.25) is 5.91 Å². The van der Waals surface area contributed by atoms with Crippen molar-refractivity contribution in [2.24, 2.45) is 0 Å². The van der Waals surface area contributed by atoms with Crippen LogP contribution in [0.3, 0.4) is 0 Å². The Kier molecular flexibility index (Phi) is 3.91. The van der Waals surface area contributed by atoms with Crippen molar-refractivity contribution in [2.75, 3.05) is 11.2 Å². The Morgan fingerprint density at radius 1 is 1.31 bits per heavy atom. The van der Waals surface area contributed by atoms with Crippen LogP contribution < -0.4 is 14.7 Å². The molecule has 1 aromatic carbocycles. The van der Waals surface area contributed by atoms with Crippen LogP contribution in [-0.2, 0) is 4.79 Å².